The monoisotopic (exact) mass is 314 g/mol. The molecule has 0 spiro atoms. The average molecular weight is 315 g/mol. The molecule has 1 fully saturated rings. The van der Waals surface area contributed by atoms with E-state index in [2.05, 4.69) is 11.6 Å². The van der Waals surface area contributed by atoms with Crippen molar-refractivity contribution in [1.82, 2.24) is 0 Å². The molecule has 104 valence electrons. The van der Waals surface area contributed by atoms with E-state index in [9.17, 15) is 0 Å². The molecule has 0 heterocycles. The maximum absolute atomic E-state index is 6.19. The van der Waals surface area contributed by atoms with E-state index in [0.717, 1.165) is 16.5 Å². The molecule has 1 saturated carbocycles. The number of nitrogens with one attached hydrogen (secondary N) is 1. The van der Waals surface area contributed by atoms with Crippen molar-refractivity contribution in [2.45, 2.75) is 37.0 Å². The van der Waals surface area contributed by atoms with Crippen molar-refractivity contribution in [3.05, 3.63) is 28.8 Å². The Kier molecular flexibility index (Phi) is 5.37. The number of halogens is 1. The highest BCUT2D eigenvalue weighted by molar-refractivity contribution is 7.99. The van der Waals surface area contributed by atoms with Crippen LogP contribution in [0.2, 0.25) is 5.02 Å². The molecule has 2 unspecified atom stereocenters. The second-order valence-corrected chi connectivity index (χ2v) is 6.91. The van der Waals surface area contributed by atoms with E-state index in [1.165, 1.54) is 25.7 Å². The summed E-state index contributed by atoms with van der Waals surface area (Å²) in [6.07, 6.45) is 7.27. The summed E-state index contributed by atoms with van der Waals surface area (Å²) in [4.78, 5) is 0.344. The normalized spacial score (nSPS) is 23.1. The summed E-state index contributed by atoms with van der Waals surface area (Å²) >= 11 is 13.1. The van der Waals surface area contributed by atoms with E-state index < -0.39 is 0 Å². The molecule has 2 atom stereocenters. The van der Waals surface area contributed by atoms with Crippen molar-refractivity contribution < 1.29 is 0 Å². The van der Waals surface area contributed by atoms with Crippen LogP contribution in [0.1, 0.15) is 31.2 Å². The first kappa shape index (κ1) is 14.9. The zero-order chi connectivity index (χ0) is 13.8. The molecule has 1 aliphatic carbocycles. The SMILES string of the molecule is CSC1CCCC(Nc2ccc(C(N)=S)c(Cl)c2)C1. The van der Waals surface area contributed by atoms with Crippen LogP contribution >= 0.6 is 35.6 Å². The lowest BCUT2D eigenvalue weighted by Crippen LogP contribution is -2.28. The molecule has 0 radical (unpaired) electrons. The minimum Gasteiger partial charge on any atom is -0.389 e. The number of thioether (sulfide) groups is 1. The summed E-state index contributed by atoms with van der Waals surface area (Å²) in [5.74, 6) is 0. The van der Waals surface area contributed by atoms with Crippen molar-refractivity contribution >= 4 is 46.3 Å². The third kappa shape index (κ3) is 4.01. The molecule has 1 aromatic rings. The number of rotatable bonds is 4. The van der Waals surface area contributed by atoms with Gasteiger partial charge in [0.2, 0.25) is 0 Å². The largest absolute Gasteiger partial charge is 0.389 e. The van der Waals surface area contributed by atoms with Crippen LogP contribution in [0, 0.1) is 0 Å². The van der Waals surface area contributed by atoms with Gasteiger partial charge in [-0.25, -0.2) is 0 Å². The highest BCUT2D eigenvalue weighted by Gasteiger charge is 2.21. The Hall–Kier alpha value is -0.450. The summed E-state index contributed by atoms with van der Waals surface area (Å²) < 4.78 is 0. The van der Waals surface area contributed by atoms with Crippen molar-refractivity contribution in [3.8, 4) is 0 Å². The van der Waals surface area contributed by atoms with Gasteiger partial charge < -0.3 is 11.1 Å². The van der Waals surface area contributed by atoms with E-state index >= 15 is 0 Å². The topological polar surface area (TPSA) is 38.0 Å². The first-order chi connectivity index (χ1) is 9.10. The van der Waals surface area contributed by atoms with Gasteiger partial charge in [0.25, 0.3) is 0 Å². The molecule has 2 rings (SSSR count). The standard InChI is InChI=1S/C14H19ClN2S2/c1-19-11-4-2-3-9(7-11)17-10-5-6-12(14(16)18)13(15)8-10/h5-6,8-9,11,17H,2-4,7H2,1H3,(H2,16,18). The van der Waals surface area contributed by atoms with Crippen molar-refractivity contribution in [2.24, 2.45) is 5.73 Å². The molecular weight excluding hydrogens is 296 g/mol. The molecule has 1 aliphatic rings. The van der Waals surface area contributed by atoms with E-state index in [4.69, 9.17) is 29.6 Å². The van der Waals surface area contributed by atoms with Crippen molar-refractivity contribution in [3.63, 3.8) is 0 Å². The van der Waals surface area contributed by atoms with Crippen molar-refractivity contribution in [2.75, 3.05) is 11.6 Å². The smallest absolute Gasteiger partial charge is 0.105 e. The third-order valence-corrected chi connectivity index (χ3v) is 5.19. The van der Waals surface area contributed by atoms with Crippen LogP contribution in [0.5, 0.6) is 0 Å². The Bertz CT molecular complexity index is 465. The van der Waals surface area contributed by atoms with Crippen LogP contribution in [-0.2, 0) is 0 Å². The lowest BCUT2D eigenvalue weighted by Gasteiger charge is -2.29. The third-order valence-electron chi connectivity index (χ3n) is 3.56. The number of benzene rings is 1. The van der Waals surface area contributed by atoms with Crippen LogP contribution in [0.4, 0.5) is 5.69 Å². The fourth-order valence-electron chi connectivity index (χ4n) is 2.53. The van der Waals surface area contributed by atoms with Gasteiger partial charge in [-0.3, -0.25) is 0 Å². The van der Waals surface area contributed by atoms with Gasteiger partial charge in [-0.05, 0) is 43.7 Å². The van der Waals surface area contributed by atoms with Gasteiger partial charge in [-0.1, -0.05) is 30.2 Å². The van der Waals surface area contributed by atoms with Crippen molar-refractivity contribution in [1.29, 1.82) is 0 Å². The summed E-state index contributed by atoms with van der Waals surface area (Å²) in [6.45, 7) is 0. The number of nitrogens with two attached hydrogens (primary N) is 1. The first-order valence-corrected chi connectivity index (χ1v) is 8.56. The maximum Gasteiger partial charge on any atom is 0.105 e. The van der Waals surface area contributed by atoms with Crippen LogP contribution < -0.4 is 11.1 Å². The Labute approximate surface area is 129 Å². The Morgan fingerprint density at radius 3 is 2.89 bits per heavy atom. The predicted molar refractivity (Wildman–Crippen MR) is 90.5 cm³/mol. The van der Waals surface area contributed by atoms with Gasteiger partial charge in [-0.15, -0.1) is 0 Å². The molecule has 19 heavy (non-hydrogen) atoms. The van der Waals surface area contributed by atoms with Gasteiger partial charge in [0, 0.05) is 22.5 Å². The lowest BCUT2D eigenvalue weighted by atomic mass is 9.94. The molecule has 0 aromatic heterocycles. The number of hydrogen-bond donors (Lipinski definition) is 2. The highest BCUT2D eigenvalue weighted by Crippen LogP contribution is 2.30. The summed E-state index contributed by atoms with van der Waals surface area (Å²) in [7, 11) is 0. The molecular formula is C14H19ClN2S2. The predicted octanol–water partition coefficient (Wildman–Crippen LogP) is 4.06. The quantitative estimate of drug-likeness (QED) is 0.822. The minimum absolute atomic E-state index is 0.344. The van der Waals surface area contributed by atoms with E-state index in [1.807, 2.05) is 30.0 Å². The summed E-state index contributed by atoms with van der Waals surface area (Å²) in [5, 5.41) is 4.97. The fourth-order valence-corrected chi connectivity index (χ4v) is 3.87. The Balaban J connectivity index is 2.03. The Morgan fingerprint density at radius 2 is 2.26 bits per heavy atom. The van der Waals surface area contributed by atoms with E-state index in [1.54, 1.807) is 0 Å². The van der Waals surface area contributed by atoms with Crippen LogP contribution in [-0.4, -0.2) is 22.5 Å². The maximum atomic E-state index is 6.19. The fraction of sp³-hybridized carbons (Fsp3) is 0.500. The molecule has 0 bridgehead atoms. The van der Waals surface area contributed by atoms with Gasteiger partial charge in [0.1, 0.15) is 4.99 Å². The van der Waals surface area contributed by atoms with E-state index in [0.29, 0.717) is 16.1 Å². The molecule has 0 amide bonds. The second kappa shape index (κ2) is 6.82. The van der Waals surface area contributed by atoms with E-state index in [-0.39, 0.29) is 0 Å². The van der Waals surface area contributed by atoms with Gasteiger partial charge >= 0.3 is 0 Å². The zero-order valence-electron chi connectivity index (χ0n) is 11.0. The highest BCUT2D eigenvalue weighted by atomic mass is 35.5. The van der Waals surface area contributed by atoms with Gasteiger partial charge in [0.05, 0.1) is 5.02 Å². The average Bonchev–Trinajstić information content (AvgIpc) is 2.38. The molecule has 0 aliphatic heterocycles. The van der Waals surface area contributed by atoms with Crippen LogP contribution in [0.3, 0.4) is 0 Å². The minimum atomic E-state index is 0.344. The molecule has 5 heteroatoms. The number of anilines is 1. The van der Waals surface area contributed by atoms with Crippen LogP contribution in [0.15, 0.2) is 18.2 Å². The number of hydrogen-bond acceptors (Lipinski definition) is 3. The summed E-state index contributed by atoms with van der Waals surface area (Å²) in [6, 6.07) is 6.35. The second-order valence-electron chi connectivity index (χ2n) is 4.92. The lowest BCUT2D eigenvalue weighted by molar-refractivity contribution is 0.474. The summed E-state index contributed by atoms with van der Waals surface area (Å²) in [5.41, 5.74) is 7.40. The Morgan fingerprint density at radius 1 is 1.47 bits per heavy atom. The zero-order valence-corrected chi connectivity index (χ0v) is 13.4. The van der Waals surface area contributed by atoms with Gasteiger partial charge in [0.15, 0.2) is 0 Å². The first-order valence-electron chi connectivity index (χ1n) is 6.49. The number of thiocarbonyl (C=S) groups is 1. The molecule has 0 saturated heterocycles. The molecule has 2 nitrogen and oxygen atoms in total. The molecule has 1 aromatic carbocycles. The molecule has 3 N–H and O–H groups in total. The van der Waals surface area contributed by atoms with Crippen LogP contribution in [0.25, 0.3) is 0 Å². The van der Waals surface area contributed by atoms with Gasteiger partial charge in [-0.2, -0.15) is 11.8 Å².